The van der Waals surface area contributed by atoms with Crippen molar-refractivity contribution < 1.29 is 14.3 Å². The van der Waals surface area contributed by atoms with Gasteiger partial charge >= 0.3 is 6.03 Å². The number of aryl methyl sites for hydroxylation is 2. The zero-order valence-corrected chi connectivity index (χ0v) is 14.4. The third-order valence-corrected chi connectivity index (χ3v) is 3.33. The molecule has 0 bridgehead atoms. The lowest BCUT2D eigenvalue weighted by atomic mass is 10.1. The highest BCUT2D eigenvalue weighted by atomic mass is 16.5. The predicted molar refractivity (Wildman–Crippen MR) is 90.7 cm³/mol. The van der Waals surface area contributed by atoms with E-state index < -0.39 is 0 Å². The van der Waals surface area contributed by atoms with Gasteiger partial charge in [-0.2, -0.15) is 0 Å². The first-order valence-corrected chi connectivity index (χ1v) is 7.82. The maximum Gasteiger partial charge on any atom is 0.316 e. The molecule has 3 amide bonds. The zero-order chi connectivity index (χ0) is 17.2. The van der Waals surface area contributed by atoms with Gasteiger partial charge in [0.25, 0.3) is 0 Å². The molecule has 0 aliphatic carbocycles. The van der Waals surface area contributed by atoms with E-state index in [-0.39, 0.29) is 11.9 Å². The van der Waals surface area contributed by atoms with Crippen LogP contribution in [0.2, 0.25) is 0 Å². The molecule has 0 aliphatic rings. The maximum absolute atomic E-state index is 11.7. The van der Waals surface area contributed by atoms with Gasteiger partial charge in [0, 0.05) is 33.6 Å². The van der Waals surface area contributed by atoms with E-state index in [1.54, 1.807) is 14.1 Å². The molecule has 0 aliphatic heterocycles. The number of amides is 3. The van der Waals surface area contributed by atoms with Crippen molar-refractivity contribution in [1.29, 1.82) is 0 Å². The summed E-state index contributed by atoms with van der Waals surface area (Å²) in [7, 11) is 3.34. The maximum atomic E-state index is 11.7. The third-order valence-electron chi connectivity index (χ3n) is 3.33. The summed E-state index contributed by atoms with van der Waals surface area (Å²) in [4.78, 5) is 24.4. The van der Waals surface area contributed by atoms with Gasteiger partial charge in [0.05, 0.1) is 6.61 Å². The lowest BCUT2D eigenvalue weighted by molar-refractivity contribution is -0.121. The highest BCUT2D eigenvalue weighted by molar-refractivity contribution is 5.76. The van der Waals surface area contributed by atoms with Crippen LogP contribution in [0.5, 0.6) is 5.75 Å². The van der Waals surface area contributed by atoms with Gasteiger partial charge in [-0.15, -0.1) is 0 Å². The summed E-state index contributed by atoms with van der Waals surface area (Å²) in [6, 6.07) is 5.86. The Morgan fingerprint density at radius 2 is 1.70 bits per heavy atom. The minimum absolute atomic E-state index is 0.0331. The number of hydrogen-bond acceptors (Lipinski definition) is 3. The summed E-state index contributed by atoms with van der Waals surface area (Å²) in [5.41, 5.74) is 2.21. The van der Waals surface area contributed by atoms with Gasteiger partial charge in [0.1, 0.15) is 5.75 Å². The molecular formula is C17H27N3O3. The monoisotopic (exact) mass is 321 g/mol. The van der Waals surface area contributed by atoms with Crippen LogP contribution < -0.4 is 15.4 Å². The quantitative estimate of drug-likeness (QED) is 0.718. The van der Waals surface area contributed by atoms with Gasteiger partial charge in [0.15, 0.2) is 0 Å². The van der Waals surface area contributed by atoms with E-state index in [1.807, 2.05) is 32.0 Å². The van der Waals surface area contributed by atoms with Crippen molar-refractivity contribution in [2.45, 2.75) is 26.7 Å². The van der Waals surface area contributed by atoms with E-state index in [1.165, 1.54) is 4.90 Å². The van der Waals surface area contributed by atoms with Crippen LogP contribution in [0, 0.1) is 13.8 Å². The molecule has 0 saturated carbocycles. The molecule has 1 aromatic carbocycles. The van der Waals surface area contributed by atoms with Crippen molar-refractivity contribution in [3.8, 4) is 5.75 Å². The van der Waals surface area contributed by atoms with Crippen LogP contribution >= 0.6 is 0 Å². The fourth-order valence-corrected chi connectivity index (χ4v) is 2.05. The molecule has 0 heterocycles. The molecule has 0 saturated heterocycles. The topological polar surface area (TPSA) is 70.7 Å². The zero-order valence-electron chi connectivity index (χ0n) is 14.4. The molecule has 1 aromatic rings. The normalized spacial score (nSPS) is 10.1. The number of hydrogen-bond donors (Lipinski definition) is 2. The smallest absolute Gasteiger partial charge is 0.316 e. The van der Waals surface area contributed by atoms with Crippen LogP contribution in [0.25, 0.3) is 0 Å². The lowest BCUT2D eigenvalue weighted by Crippen LogP contribution is -2.39. The first-order valence-electron chi connectivity index (χ1n) is 7.82. The van der Waals surface area contributed by atoms with Crippen molar-refractivity contribution in [2.24, 2.45) is 0 Å². The van der Waals surface area contributed by atoms with E-state index >= 15 is 0 Å². The number of urea groups is 1. The average molecular weight is 321 g/mol. The Morgan fingerprint density at radius 3 is 2.30 bits per heavy atom. The van der Waals surface area contributed by atoms with E-state index in [0.717, 1.165) is 16.9 Å². The third kappa shape index (κ3) is 7.04. The Bertz CT molecular complexity index is 510. The Labute approximate surface area is 138 Å². The van der Waals surface area contributed by atoms with Gasteiger partial charge in [-0.3, -0.25) is 4.79 Å². The van der Waals surface area contributed by atoms with Crippen LogP contribution in [0.15, 0.2) is 18.2 Å². The fourth-order valence-electron chi connectivity index (χ4n) is 2.05. The number of benzene rings is 1. The van der Waals surface area contributed by atoms with Gasteiger partial charge in [-0.05, 0) is 31.4 Å². The van der Waals surface area contributed by atoms with Crippen LogP contribution in [-0.4, -0.2) is 50.6 Å². The second-order valence-electron chi connectivity index (χ2n) is 5.65. The average Bonchev–Trinajstić information content (AvgIpc) is 2.50. The molecule has 0 spiro atoms. The van der Waals surface area contributed by atoms with Gasteiger partial charge in [0.2, 0.25) is 5.91 Å². The molecule has 0 radical (unpaired) electrons. The highest BCUT2D eigenvalue weighted by Crippen LogP contribution is 2.22. The highest BCUT2D eigenvalue weighted by Gasteiger charge is 2.05. The van der Waals surface area contributed by atoms with Crippen LogP contribution in [0.4, 0.5) is 4.79 Å². The molecule has 128 valence electrons. The minimum Gasteiger partial charge on any atom is -0.493 e. The molecule has 0 fully saturated rings. The van der Waals surface area contributed by atoms with Crippen molar-refractivity contribution in [3.63, 3.8) is 0 Å². The summed E-state index contributed by atoms with van der Waals surface area (Å²) in [5.74, 6) is 0.869. The second-order valence-corrected chi connectivity index (χ2v) is 5.65. The van der Waals surface area contributed by atoms with Crippen molar-refractivity contribution in [3.05, 3.63) is 29.3 Å². The number of nitrogens with zero attached hydrogens (tertiary/aromatic N) is 1. The first-order chi connectivity index (χ1) is 10.9. The van der Waals surface area contributed by atoms with Crippen molar-refractivity contribution >= 4 is 11.9 Å². The summed E-state index contributed by atoms with van der Waals surface area (Å²) >= 11 is 0. The molecule has 0 aromatic heterocycles. The predicted octanol–water partition coefficient (Wildman–Crippen LogP) is 1.85. The van der Waals surface area contributed by atoms with Crippen molar-refractivity contribution in [1.82, 2.24) is 15.5 Å². The second kappa shape index (κ2) is 9.71. The van der Waals surface area contributed by atoms with Crippen LogP contribution in [0.1, 0.15) is 24.0 Å². The van der Waals surface area contributed by atoms with E-state index in [9.17, 15) is 9.59 Å². The lowest BCUT2D eigenvalue weighted by Gasteiger charge is -2.13. The summed E-state index contributed by atoms with van der Waals surface area (Å²) < 4.78 is 5.76. The Morgan fingerprint density at radius 1 is 1.09 bits per heavy atom. The van der Waals surface area contributed by atoms with E-state index in [2.05, 4.69) is 10.6 Å². The number of nitrogens with one attached hydrogen (secondary N) is 2. The summed E-state index contributed by atoms with van der Waals surface area (Å²) in [5, 5.41) is 5.46. The fraction of sp³-hybridized carbons (Fsp3) is 0.529. The number of ether oxygens (including phenoxy) is 1. The van der Waals surface area contributed by atoms with E-state index in [0.29, 0.717) is 32.5 Å². The molecule has 0 atom stereocenters. The molecule has 0 unspecified atom stereocenters. The van der Waals surface area contributed by atoms with Crippen LogP contribution in [-0.2, 0) is 4.79 Å². The number of carbonyl (C=O) groups excluding carboxylic acids is 2. The van der Waals surface area contributed by atoms with Gasteiger partial charge in [-0.1, -0.05) is 18.2 Å². The minimum atomic E-state index is -0.166. The summed E-state index contributed by atoms with van der Waals surface area (Å²) in [6.07, 6.45) is 1.07. The number of rotatable bonds is 8. The molecule has 6 nitrogen and oxygen atoms in total. The van der Waals surface area contributed by atoms with Crippen molar-refractivity contribution in [2.75, 3.05) is 33.8 Å². The SMILES string of the molecule is Cc1cccc(C)c1OCCCC(=O)NCCNC(=O)N(C)C. The Kier molecular flexibility index (Phi) is 7.94. The molecular weight excluding hydrogens is 294 g/mol. The molecule has 6 heteroatoms. The van der Waals surface area contributed by atoms with Gasteiger partial charge in [-0.25, -0.2) is 4.79 Å². The van der Waals surface area contributed by atoms with E-state index in [4.69, 9.17) is 4.74 Å². The van der Waals surface area contributed by atoms with Gasteiger partial charge < -0.3 is 20.3 Å². The summed E-state index contributed by atoms with van der Waals surface area (Å²) in [6.45, 7) is 5.38. The standard InChI is InChI=1S/C17H27N3O3/c1-13-7-5-8-14(2)16(13)23-12-6-9-15(21)18-10-11-19-17(22)20(3)4/h5,7-8H,6,9-12H2,1-4H3,(H,18,21)(H,19,22). The largest absolute Gasteiger partial charge is 0.493 e. The Balaban J connectivity index is 2.14. The molecule has 1 rings (SSSR count). The first kappa shape index (κ1) is 18.8. The molecule has 2 N–H and O–H groups in total. The van der Waals surface area contributed by atoms with Crippen LogP contribution in [0.3, 0.4) is 0 Å². The molecule has 23 heavy (non-hydrogen) atoms. The number of carbonyl (C=O) groups is 2. The Hall–Kier alpha value is -2.24. The number of para-hydroxylation sites is 1.